The van der Waals surface area contributed by atoms with Crippen LogP contribution >= 0.6 is 15.9 Å². The van der Waals surface area contributed by atoms with Crippen molar-refractivity contribution in [2.24, 2.45) is 0 Å². The first-order valence-corrected chi connectivity index (χ1v) is 6.74. The van der Waals surface area contributed by atoms with E-state index in [9.17, 15) is 8.78 Å². The van der Waals surface area contributed by atoms with Gasteiger partial charge in [-0.05, 0) is 31.2 Å². The highest BCUT2D eigenvalue weighted by molar-refractivity contribution is 9.10. The summed E-state index contributed by atoms with van der Waals surface area (Å²) in [4.78, 5) is 0. The number of benzene rings is 2. The predicted octanol–water partition coefficient (Wildman–Crippen LogP) is 4.45. The molecule has 0 radical (unpaired) electrons. The van der Waals surface area contributed by atoms with Crippen molar-refractivity contribution >= 4 is 33.0 Å². The molecule has 0 saturated heterocycles. The molecule has 0 bridgehead atoms. The van der Waals surface area contributed by atoms with E-state index in [2.05, 4.69) is 21.2 Å². The molecule has 0 aliphatic rings. The molecule has 2 aromatic rings. The Morgan fingerprint density at radius 1 is 1.20 bits per heavy atom. The van der Waals surface area contributed by atoms with Crippen LogP contribution in [0, 0.1) is 11.6 Å². The molecule has 20 heavy (non-hydrogen) atoms. The molecule has 2 rings (SSSR count). The quantitative estimate of drug-likeness (QED) is 0.807. The number of nitrogen functional groups attached to an aromatic ring is 1. The van der Waals surface area contributed by atoms with Crippen molar-refractivity contribution in [3.05, 3.63) is 46.4 Å². The fourth-order valence-corrected chi connectivity index (χ4v) is 2.10. The van der Waals surface area contributed by atoms with Gasteiger partial charge in [0.2, 0.25) is 0 Å². The van der Waals surface area contributed by atoms with Crippen LogP contribution in [0.25, 0.3) is 0 Å². The number of nitrogens with one attached hydrogen (secondary N) is 1. The summed E-state index contributed by atoms with van der Waals surface area (Å²) in [6, 6.07) is 7.21. The van der Waals surface area contributed by atoms with Gasteiger partial charge in [0, 0.05) is 16.2 Å². The number of nitrogens with two attached hydrogens (primary N) is 1. The summed E-state index contributed by atoms with van der Waals surface area (Å²) in [6.45, 7) is 2.28. The first-order chi connectivity index (χ1) is 9.51. The molecule has 0 amide bonds. The Morgan fingerprint density at radius 2 is 1.85 bits per heavy atom. The van der Waals surface area contributed by atoms with Gasteiger partial charge in [-0.2, -0.15) is 0 Å². The molecular weight excluding hydrogens is 330 g/mol. The molecule has 6 heteroatoms. The summed E-state index contributed by atoms with van der Waals surface area (Å²) in [5.74, 6) is -0.909. The van der Waals surface area contributed by atoms with E-state index < -0.39 is 11.6 Å². The van der Waals surface area contributed by atoms with Crippen molar-refractivity contribution in [1.29, 1.82) is 0 Å². The molecular formula is C14H13BrF2N2O. The fourth-order valence-electron chi connectivity index (χ4n) is 1.70. The van der Waals surface area contributed by atoms with Gasteiger partial charge in [0.05, 0.1) is 12.3 Å². The third-order valence-electron chi connectivity index (χ3n) is 2.59. The first kappa shape index (κ1) is 14.6. The van der Waals surface area contributed by atoms with Crippen LogP contribution in [0.4, 0.5) is 25.8 Å². The second kappa shape index (κ2) is 6.09. The number of hydrogen-bond donors (Lipinski definition) is 2. The lowest BCUT2D eigenvalue weighted by molar-refractivity contribution is 0.342. The van der Waals surface area contributed by atoms with Crippen LogP contribution in [0.3, 0.4) is 0 Å². The Bertz CT molecular complexity index is 612. The fraction of sp³-hybridized carbons (Fsp3) is 0.143. The normalized spacial score (nSPS) is 10.4. The summed E-state index contributed by atoms with van der Waals surface area (Å²) in [5, 5.41) is 2.69. The Hall–Kier alpha value is -1.82. The molecule has 0 aliphatic carbocycles. The minimum absolute atomic E-state index is 0.222. The summed E-state index contributed by atoms with van der Waals surface area (Å²) in [6.07, 6.45) is 0. The second-order valence-corrected chi connectivity index (χ2v) is 4.97. The highest BCUT2D eigenvalue weighted by atomic mass is 79.9. The average molecular weight is 343 g/mol. The third kappa shape index (κ3) is 3.19. The maximum atomic E-state index is 13.7. The topological polar surface area (TPSA) is 47.3 Å². The molecule has 106 valence electrons. The first-order valence-electron chi connectivity index (χ1n) is 5.95. The standard InChI is InChI=1S/C14H13BrF2N2O/c1-2-20-13-7-9(3-4-12(13)18)19-14-10(16)5-8(15)6-11(14)17/h3-7,19H,2,18H2,1H3. The van der Waals surface area contributed by atoms with Gasteiger partial charge < -0.3 is 15.8 Å². The van der Waals surface area contributed by atoms with Crippen molar-refractivity contribution in [3.63, 3.8) is 0 Å². The Kier molecular flexibility index (Phi) is 4.44. The zero-order chi connectivity index (χ0) is 14.7. The molecule has 2 aromatic carbocycles. The van der Waals surface area contributed by atoms with Gasteiger partial charge in [-0.1, -0.05) is 15.9 Å². The predicted molar refractivity (Wildman–Crippen MR) is 79.4 cm³/mol. The zero-order valence-corrected chi connectivity index (χ0v) is 12.3. The Morgan fingerprint density at radius 3 is 2.45 bits per heavy atom. The van der Waals surface area contributed by atoms with Crippen molar-refractivity contribution in [2.45, 2.75) is 6.92 Å². The van der Waals surface area contributed by atoms with E-state index in [0.717, 1.165) is 0 Å². The van der Waals surface area contributed by atoms with E-state index in [1.54, 1.807) is 18.2 Å². The lowest BCUT2D eigenvalue weighted by atomic mass is 10.2. The third-order valence-corrected chi connectivity index (χ3v) is 3.05. The smallest absolute Gasteiger partial charge is 0.150 e. The summed E-state index contributed by atoms with van der Waals surface area (Å²) < 4.78 is 33.1. The number of hydrogen-bond acceptors (Lipinski definition) is 3. The highest BCUT2D eigenvalue weighted by Gasteiger charge is 2.11. The number of anilines is 3. The number of halogens is 3. The molecule has 0 heterocycles. The monoisotopic (exact) mass is 342 g/mol. The van der Waals surface area contributed by atoms with Crippen LogP contribution in [0.5, 0.6) is 5.75 Å². The maximum Gasteiger partial charge on any atom is 0.150 e. The van der Waals surface area contributed by atoms with Crippen LogP contribution in [-0.2, 0) is 0 Å². The van der Waals surface area contributed by atoms with Gasteiger partial charge in [-0.15, -0.1) is 0 Å². The van der Waals surface area contributed by atoms with Crippen molar-refractivity contribution in [3.8, 4) is 5.75 Å². The van der Waals surface area contributed by atoms with Gasteiger partial charge in [0.1, 0.15) is 11.4 Å². The van der Waals surface area contributed by atoms with E-state index in [-0.39, 0.29) is 5.69 Å². The van der Waals surface area contributed by atoms with Crippen LogP contribution in [-0.4, -0.2) is 6.61 Å². The molecule has 0 spiro atoms. The van der Waals surface area contributed by atoms with E-state index in [0.29, 0.717) is 28.2 Å². The molecule has 0 unspecified atom stereocenters. The van der Waals surface area contributed by atoms with E-state index >= 15 is 0 Å². The molecule has 0 aliphatic heterocycles. The van der Waals surface area contributed by atoms with Crippen molar-refractivity contribution < 1.29 is 13.5 Å². The molecule has 3 nitrogen and oxygen atoms in total. The zero-order valence-electron chi connectivity index (χ0n) is 10.7. The van der Waals surface area contributed by atoms with Gasteiger partial charge in [0.15, 0.2) is 11.6 Å². The minimum Gasteiger partial charge on any atom is -0.492 e. The van der Waals surface area contributed by atoms with Crippen molar-refractivity contribution in [1.82, 2.24) is 0 Å². The van der Waals surface area contributed by atoms with Crippen LogP contribution < -0.4 is 15.8 Å². The SMILES string of the molecule is CCOc1cc(Nc2c(F)cc(Br)cc2F)ccc1N. The Labute approximate surface area is 123 Å². The van der Waals surface area contributed by atoms with Crippen LogP contribution in [0.2, 0.25) is 0 Å². The minimum atomic E-state index is -0.688. The highest BCUT2D eigenvalue weighted by Crippen LogP contribution is 2.30. The molecule has 3 N–H and O–H groups in total. The summed E-state index contributed by atoms with van der Waals surface area (Å²) in [7, 11) is 0. The molecule has 0 aromatic heterocycles. The molecule has 0 saturated carbocycles. The van der Waals surface area contributed by atoms with Gasteiger partial charge in [0.25, 0.3) is 0 Å². The van der Waals surface area contributed by atoms with Gasteiger partial charge in [-0.25, -0.2) is 8.78 Å². The Balaban J connectivity index is 2.33. The lowest BCUT2D eigenvalue weighted by Crippen LogP contribution is -2.01. The number of rotatable bonds is 4. The van der Waals surface area contributed by atoms with E-state index in [1.807, 2.05) is 6.92 Å². The van der Waals surface area contributed by atoms with E-state index in [4.69, 9.17) is 10.5 Å². The summed E-state index contributed by atoms with van der Waals surface area (Å²) >= 11 is 3.03. The second-order valence-electron chi connectivity index (χ2n) is 4.06. The largest absolute Gasteiger partial charge is 0.492 e. The molecule has 0 atom stereocenters. The molecule has 0 fully saturated rings. The van der Waals surface area contributed by atoms with Crippen LogP contribution in [0.1, 0.15) is 6.92 Å². The van der Waals surface area contributed by atoms with E-state index in [1.165, 1.54) is 12.1 Å². The van der Waals surface area contributed by atoms with Crippen LogP contribution in [0.15, 0.2) is 34.8 Å². The maximum absolute atomic E-state index is 13.7. The van der Waals surface area contributed by atoms with Gasteiger partial charge in [-0.3, -0.25) is 0 Å². The average Bonchev–Trinajstić information content (AvgIpc) is 2.37. The van der Waals surface area contributed by atoms with Crippen molar-refractivity contribution in [2.75, 3.05) is 17.7 Å². The number of ether oxygens (including phenoxy) is 1. The summed E-state index contributed by atoms with van der Waals surface area (Å²) in [5.41, 5.74) is 6.48. The lowest BCUT2D eigenvalue weighted by Gasteiger charge is -2.12. The van der Waals surface area contributed by atoms with Gasteiger partial charge >= 0.3 is 0 Å².